The number of rotatable bonds is 5. The zero-order chi connectivity index (χ0) is 21.8. The quantitative estimate of drug-likeness (QED) is 0.633. The molecule has 1 fully saturated rings. The van der Waals surface area contributed by atoms with Gasteiger partial charge in [0.05, 0.1) is 0 Å². The molecule has 3 aromatic rings. The van der Waals surface area contributed by atoms with Crippen LogP contribution in [0.3, 0.4) is 0 Å². The number of hydrazone groups is 1. The van der Waals surface area contributed by atoms with E-state index in [4.69, 9.17) is 0 Å². The molecule has 0 radical (unpaired) electrons. The van der Waals surface area contributed by atoms with Crippen molar-refractivity contribution >= 4 is 23.7 Å². The van der Waals surface area contributed by atoms with Gasteiger partial charge in [-0.25, -0.2) is 0 Å². The van der Waals surface area contributed by atoms with E-state index in [2.05, 4.69) is 10.7 Å². The fraction of sp³-hybridized carbons (Fsp3) is 0.160. The van der Waals surface area contributed by atoms with E-state index < -0.39 is 6.04 Å². The average Bonchev–Trinajstić information content (AvgIpc) is 3.09. The SMILES string of the molecule is CN(C)c1ccc(/C=[N+]2\NC(=O)[C@H](NC(=O)c3ccccc3)[C@H]2c2ccccc2)cc1. The molecule has 1 saturated heterocycles. The van der Waals surface area contributed by atoms with Gasteiger partial charge in [-0.1, -0.05) is 48.5 Å². The molecule has 0 bridgehead atoms. The third kappa shape index (κ3) is 4.48. The van der Waals surface area contributed by atoms with E-state index >= 15 is 0 Å². The predicted molar refractivity (Wildman–Crippen MR) is 121 cm³/mol. The zero-order valence-electron chi connectivity index (χ0n) is 17.5. The maximum atomic E-state index is 12.9. The van der Waals surface area contributed by atoms with Gasteiger partial charge in [0.1, 0.15) is 0 Å². The van der Waals surface area contributed by atoms with Gasteiger partial charge >= 0.3 is 5.91 Å². The largest absolute Gasteiger partial charge is 0.378 e. The second-order valence-corrected chi connectivity index (χ2v) is 7.67. The summed E-state index contributed by atoms with van der Waals surface area (Å²) in [6, 6.07) is 25.6. The van der Waals surface area contributed by atoms with E-state index in [0.717, 1.165) is 16.8 Å². The molecular formula is C25H25N4O2+. The van der Waals surface area contributed by atoms with E-state index in [1.165, 1.54) is 0 Å². The summed E-state index contributed by atoms with van der Waals surface area (Å²) in [6.45, 7) is 0. The van der Waals surface area contributed by atoms with Crippen LogP contribution in [-0.4, -0.2) is 42.9 Å². The van der Waals surface area contributed by atoms with Crippen molar-refractivity contribution in [2.45, 2.75) is 12.1 Å². The summed E-state index contributed by atoms with van der Waals surface area (Å²) in [5.74, 6) is -0.529. The molecule has 0 spiro atoms. The summed E-state index contributed by atoms with van der Waals surface area (Å²) in [5.41, 5.74) is 6.40. The van der Waals surface area contributed by atoms with Crippen LogP contribution in [0.1, 0.15) is 27.5 Å². The van der Waals surface area contributed by atoms with Crippen LogP contribution in [0.25, 0.3) is 0 Å². The van der Waals surface area contributed by atoms with E-state index in [-0.39, 0.29) is 17.9 Å². The lowest BCUT2D eigenvalue weighted by Gasteiger charge is -2.15. The molecule has 2 N–H and O–H groups in total. The zero-order valence-corrected chi connectivity index (χ0v) is 17.5. The molecule has 1 aliphatic rings. The van der Waals surface area contributed by atoms with Crippen LogP contribution in [0, 0.1) is 0 Å². The second-order valence-electron chi connectivity index (χ2n) is 7.67. The summed E-state index contributed by atoms with van der Waals surface area (Å²) in [4.78, 5) is 27.7. The summed E-state index contributed by atoms with van der Waals surface area (Å²) >= 11 is 0. The number of carbonyl (C=O) groups excluding carboxylic acids is 2. The molecule has 156 valence electrons. The van der Waals surface area contributed by atoms with Gasteiger partial charge < -0.3 is 10.2 Å². The van der Waals surface area contributed by atoms with Gasteiger partial charge in [-0.15, -0.1) is 10.1 Å². The highest BCUT2D eigenvalue weighted by Gasteiger charge is 2.47. The first-order chi connectivity index (χ1) is 15.0. The Kier molecular flexibility index (Phi) is 5.80. The van der Waals surface area contributed by atoms with Crippen LogP contribution in [0.15, 0.2) is 84.9 Å². The molecule has 0 saturated carbocycles. The predicted octanol–water partition coefficient (Wildman–Crippen LogP) is 2.77. The first kappa shape index (κ1) is 20.3. The smallest absolute Gasteiger partial charge is 0.304 e. The minimum atomic E-state index is -0.729. The third-order valence-corrected chi connectivity index (χ3v) is 5.30. The number of nitrogens with zero attached hydrogens (tertiary/aromatic N) is 2. The molecule has 6 heteroatoms. The van der Waals surface area contributed by atoms with Gasteiger partial charge in [0.25, 0.3) is 5.91 Å². The Morgan fingerprint density at radius 3 is 2.16 bits per heavy atom. The minimum absolute atomic E-state index is 0.251. The van der Waals surface area contributed by atoms with Gasteiger partial charge in [-0.2, -0.15) is 0 Å². The summed E-state index contributed by atoms with van der Waals surface area (Å²) in [6.07, 6.45) is 1.89. The summed E-state index contributed by atoms with van der Waals surface area (Å²) in [7, 11) is 3.98. The molecule has 2 amide bonds. The van der Waals surface area contributed by atoms with Crippen LogP contribution < -0.4 is 15.6 Å². The molecule has 2 atom stereocenters. The van der Waals surface area contributed by atoms with Gasteiger partial charge in [-0.3, -0.25) is 9.59 Å². The number of carbonyl (C=O) groups is 2. The number of anilines is 1. The van der Waals surface area contributed by atoms with Gasteiger partial charge in [0.2, 0.25) is 12.3 Å². The Hall–Kier alpha value is -3.93. The number of hydrazine groups is 1. The molecule has 1 aliphatic heterocycles. The number of hydrogen-bond donors (Lipinski definition) is 2. The molecule has 0 unspecified atom stereocenters. The van der Waals surface area contributed by atoms with E-state index in [9.17, 15) is 9.59 Å². The summed E-state index contributed by atoms with van der Waals surface area (Å²) < 4.78 is 1.78. The molecular weight excluding hydrogens is 388 g/mol. The van der Waals surface area contributed by atoms with Gasteiger partial charge in [-0.05, 0) is 36.4 Å². The van der Waals surface area contributed by atoms with E-state index in [1.54, 1.807) is 28.9 Å². The standard InChI is InChI=1S/C25H24N4O2/c1-28(2)21-15-13-18(14-16-21)17-29-23(19-9-5-3-6-10-19)22(25(31)27-29)26-24(30)20-11-7-4-8-12-20/h3-17,22-23H,1-2H3,(H-,26,27,30,31)/p+1/t22-,23-/m1/s1. The lowest BCUT2D eigenvalue weighted by atomic mass is 10.00. The molecule has 31 heavy (non-hydrogen) atoms. The fourth-order valence-electron chi connectivity index (χ4n) is 3.66. The summed E-state index contributed by atoms with van der Waals surface area (Å²) in [5, 5.41) is 2.91. The molecule has 6 nitrogen and oxygen atoms in total. The normalized spacial score (nSPS) is 19.2. The first-order valence-electron chi connectivity index (χ1n) is 10.1. The lowest BCUT2D eigenvalue weighted by Crippen LogP contribution is -2.42. The Balaban J connectivity index is 1.67. The highest BCUT2D eigenvalue weighted by molar-refractivity contribution is 5.98. The van der Waals surface area contributed by atoms with Crippen LogP contribution in [0.4, 0.5) is 5.69 Å². The molecule has 3 aromatic carbocycles. The minimum Gasteiger partial charge on any atom is -0.378 e. The monoisotopic (exact) mass is 413 g/mol. The van der Waals surface area contributed by atoms with E-state index in [0.29, 0.717) is 5.56 Å². The van der Waals surface area contributed by atoms with Gasteiger partial charge in [0.15, 0.2) is 6.04 Å². The Morgan fingerprint density at radius 2 is 1.55 bits per heavy atom. The van der Waals surface area contributed by atoms with Crippen LogP contribution in [-0.2, 0) is 4.79 Å². The van der Waals surface area contributed by atoms with Crippen molar-refractivity contribution in [1.82, 2.24) is 10.7 Å². The highest BCUT2D eigenvalue weighted by atomic mass is 16.2. The topological polar surface area (TPSA) is 64.5 Å². The molecule has 1 heterocycles. The lowest BCUT2D eigenvalue weighted by molar-refractivity contribution is -0.596. The van der Waals surface area contributed by atoms with Crippen molar-refractivity contribution in [2.75, 3.05) is 19.0 Å². The van der Waals surface area contributed by atoms with Gasteiger partial charge in [0, 0.05) is 36.5 Å². The molecule has 0 aromatic heterocycles. The fourth-order valence-corrected chi connectivity index (χ4v) is 3.66. The van der Waals surface area contributed by atoms with Crippen molar-refractivity contribution in [3.8, 4) is 0 Å². The van der Waals surface area contributed by atoms with Crippen LogP contribution in [0.2, 0.25) is 0 Å². The average molecular weight is 414 g/mol. The number of amides is 2. The van der Waals surface area contributed by atoms with Crippen molar-refractivity contribution < 1.29 is 14.3 Å². The van der Waals surface area contributed by atoms with Crippen molar-refractivity contribution in [1.29, 1.82) is 0 Å². The molecule has 4 rings (SSSR count). The number of hydrogen-bond acceptors (Lipinski definition) is 3. The number of benzene rings is 3. The highest BCUT2D eigenvalue weighted by Crippen LogP contribution is 2.25. The second kappa shape index (κ2) is 8.83. The van der Waals surface area contributed by atoms with Crippen LogP contribution in [0.5, 0.6) is 0 Å². The third-order valence-electron chi connectivity index (χ3n) is 5.30. The number of nitrogens with one attached hydrogen (secondary N) is 2. The molecule has 0 aliphatic carbocycles. The Bertz CT molecular complexity index is 1090. The maximum Gasteiger partial charge on any atom is 0.304 e. The Morgan fingerprint density at radius 1 is 0.935 bits per heavy atom. The van der Waals surface area contributed by atoms with Crippen molar-refractivity contribution in [2.24, 2.45) is 0 Å². The van der Waals surface area contributed by atoms with Crippen molar-refractivity contribution in [3.05, 3.63) is 102 Å². The maximum absolute atomic E-state index is 12.9. The van der Waals surface area contributed by atoms with E-state index in [1.807, 2.05) is 85.9 Å². The first-order valence-corrected chi connectivity index (χ1v) is 10.1. The van der Waals surface area contributed by atoms with Crippen LogP contribution >= 0.6 is 0 Å². The Labute approximate surface area is 181 Å². The van der Waals surface area contributed by atoms with Crippen molar-refractivity contribution in [3.63, 3.8) is 0 Å².